The number of ether oxygens (including phenoxy) is 1. The highest BCUT2D eigenvalue weighted by Gasteiger charge is 2.25. The van der Waals surface area contributed by atoms with Gasteiger partial charge in [-0.2, -0.15) is 0 Å². The monoisotopic (exact) mass is 523 g/mol. The van der Waals surface area contributed by atoms with Gasteiger partial charge in [0.25, 0.3) is 11.8 Å². The molecule has 1 aliphatic heterocycles. The van der Waals surface area contributed by atoms with Gasteiger partial charge in [0, 0.05) is 38.3 Å². The van der Waals surface area contributed by atoms with E-state index < -0.39 is 0 Å². The van der Waals surface area contributed by atoms with E-state index in [0.29, 0.717) is 56.4 Å². The Bertz CT molecular complexity index is 1460. The van der Waals surface area contributed by atoms with E-state index in [-0.39, 0.29) is 11.8 Å². The molecular weight excluding hydrogens is 490 g/mol. The lowest BCUT2D eigenvalue weighted by Crippen LogP contribution is -2.49. The Morgan fingerprint density at radius 2 is 1.67 bits per heavy atom. The van der Waals surface area contributed by atoms with E-state index in [2.05, 4.69) is 32.5 Å². The van der Waals surface area contributed by atoms with Crippen molar-refractivity contribution < 1.29 is 14.3 Å². The van der Waals surface area contributed by atoms with Crippen LogP contribution in [0, 0.1) is 0 Å². The SMILES string of the molecule is CCCNC(=O)c1ccc(N2CCN(C(=O)c3ccc(-c4cccc(OCC)c4)c4ccccc34)CC2)nn1. The Labute approximate surface area is 228 Å². The third kappa shape index (κ3) is 5.70. The summed E-state index contributed by atoms with van der Waals surface area (Å²) in [7, 11) is 0. The molecule has 0 atom stereocenters. The second kappa shape index (κ2) is 11.9. The summed E-state index contributed by atoms with van der Waals surface area (Å²) in [5.41, 5.74) is 3.13. The largest absolute Gasteiger partial charge is 0.494 e. The zero-order chi connectivity index (χ0) is 27.2. The molecular formula is C31H33N5O3. The van der Waals surface area contributed by atoms with Crippen molar-refractivity contribution >= 4 is 28.4 Å². The number of rotatable bonds is 8. The van der Waals surface area contributed by atoms with Gasteiger partial charge < -0.3 is 19.9 Å². The minimum absolute atomic E-state index is 0.0227. The molecule has 1 aliphatic rings. The Hall–Kier alpha value is -4.46. The van der Waals surface area contributed by atoms with Crippen LogP contribution in [0.15, 0.2) is 72.8 Å². The van der Waals surface area contributed by atoms with E-state index in [9.17, 15) is 9.59 Å². The number of nitrogens with zero attached hydrogens (tertiary/aromatic N) is 4. The summed E-state index contributed by atoms with van der Waals surface area (Å²) in [4.78, 5) is 29.8. The number of hydrogen-bond donors (Lipinski definition) is 1. The summed E-state index contributed by atoms with van der Waals surface area (Å²) < 4.78 is 5.70. The Morgan fingerprint density at radius 1 is 0.872 bits per heavy atom. The first-order chi connectivity index (χ1) is 19.1. The second-order valence-electron chi connectivity index (χ2n) is 9.48. The zero-order valence-electron chi connectivity index (χ0n) is 22.4. The topological polar surface area (TPSA) is 87.7 Å². The maximum atomic E-state index is 13.7. The number of hydrogen-bond acceptors (Lipinski definition) is 6. The van der Waals surface area contributed by atoms with Crippen LogP contribution < -0.4 is 15.0 Å². The standard InChI is InChI=1S/C31H33N5O3/c1-3-16-32-30(37)28-14-15-29(34-33-28)35-17-19-36(20-18-35)31(38)27-13-12-24(25-10-5-6-11-26(25)27)22-8-7-9-23(21-22)39-4-2/h5-15,21H,3-4,16-20H2,1-2H3,(H,32,37). The highest BCUT2D eigenvalue weighted by Crippen LogP contribution is 2.33. The molecule has 5 rings (SSSR count). The molecule has 1 aromatic heterocycles. The van der Waals surface area contributed by atoms with Crippen molar-refractivity contribution in [1.82, 2.24) is 20.4 Å². The second-order valence-corrected chi connectivity index (χ2v) is 9.48. The van der Waals surface area contributed by atoms with E-state index in [1.165, 1.54) is 0 Å². The third-order valence-corrected chi connectivity index (χ3v) is 6.92. The molecule has 8 nitrogen and oxygen atoms in total. The number of benzene rings is 3. The normalized spacial score (nSPS) is 13.4. The maximum Gasteiger partial charge on any atom is 0.271 e. The molecule has 1 fully saturated rings. The zero-order valence-corrected chi connectivity index (χ0v) is 22.4. The van der Waals surface area contributed by atoms with E-state index in [1.54, 1.807) is 6.07 Å². The fourth-order valence-corrected chi connectivity index (χ4v) is 4.91. The average molecular weight is 524 g/mol. The quantitative estimate of drug-likeness (QED) is 0.357. The van der Waals surface area contributed by atoms with Gasteiger partial charge in [0.1, 0.15) is 5.75 Å². The van der Waals surface area contributed by atoms with Gasteiger partial charge in [0.05, 0.1) is 6.61 Å². The van der Waals surface area contributed by atoms with Crippen molar-refractivity contribution in [3.05, 3.63) is 84.1 Å². The first-order valence-electron chi connectivity index (χ1n) is 13.5. The predicted molar refractivity (Wildman–Crippen MR) is 153 cm³/mol. The van der Waals surface area contributed by atoms with Crippen molar-refractivity contribution in [3.63, 3.8) is 0 Å². The Morgan fingerprint density at radius 3 is 2.38 bits per heavy atom. The van der Waals surface area contributed by atoms with Crippen LogP contribution in [0.1, 0.15) is 41.1 Å². The van der Waals surface area contributed by atoms with Gasteiger partial charge in [0.15, 0.2) is 11.5 Å². The lowest BCUT2D eigenvalue weighted by molar-refractivity contribution is 0.0748. The van der Waals surface area contributed by atoms with Gasteiger partial charge in [-0.15, -0.1) is 10.2 Å². The highest BCUT2D eigenvalue weighted by atomic mass is 16.5. The van der Waals surface area contributed by atoms with Gasteiger partial charge in [-0.3, -0.25) is 9.59 Å². The van der Waals surface area contributed by atoms with Crippen molar-refractivity contribution in [2.24, 2.45) is 0 Å². The number of amides is 2. The number of piperazine rings is 1. The van der Waals surface area contributed by atoms with Crippen LogP contribution in [-0.4, -0.2) is 66.2 Å². The molecule has 8 heteroatoms. The van der Waals surface area contributed by atoms with Crippen LogP contribution in [0.3, 0.4) is 0 Å². The van der Waals surface area contributed by atoms with Crippen LogP contribution in [0.5, 0.6) is 5.75 Å². The summed E-state index contributed by atoms with van der Waals surface area (Å²) in [6.45, 7) is 7.62. The molecule has 1 saturated heterocycles. The summed E-state index contributed by atoms with van der Waals surface area (Å²) in [5.74, 6) is 1.34. The van der Waals surface area contributed by atoms with E-state index >= 15 is 0 Å². The van der Waals surface area contributed by atoms with E-state index in [1.807, 2.05) is 73.3 Å². The molecule has 2 amide bonds. The molecule has 200 valence electrons. The molecule has 0 aliphatic carbocycles. The van der Waals surface area contributed by atoms with Gasteiger partial charge in [-0.1, -0.05) is 49.4 Å². The molecule has 1 N–H and O–H groups in total. The molecule has 3 aromatic carbocycles. The number of aromatic nitrogens is 2. The molecule has 0 saturated carbocycles. The van der Waals surface area contributed by atoms with Crippen molar-refractivity contribution in [2.45, 2.75) is 20.3 Å². The van der Waals surface area contributed by atoms with Gasteiger partial charge in [-0.05, 0) is 65.6 Å². The van der Waals surface area contributed by atoms with Crippen molar-refractivity contribution in [2.75, 3.05) is 44.2 Å². The number of fused-ring (bicyclic) bond motifs is 1. The fourth-order valence-electron chi connectivity index (χ4n) is 4.91. The minimum Gasteiger partial charge on any atom is -0.494 e. The van der Waals surface area contributed by atoms with Crippen LogP contribution in [-0.2, 0) is 0 Å². The number of nitrogens with one attached hydrogen (secondary N) is 1. The number of carbonyl (C=O) groups excluding carboxylic acids is 2. The highest BCUT2D eigenvalue weighted by molar-refractivity contribution is 6.11. The molecule has 0 spiro atoms. The van der Waals surface area contributed by atoms with E-state index in [0.717, 1.165) is 34.1 Å². The molecule has 0 radical (unpaired) electrons. The average Bonchev–Trinajstić information content (AvgIpc) is 2.99. The van der Waals surface area contributed by atoms with Crippen LogP contribution in [0.2, 0.25) is 0 Å². The first kappa shape index (κ1) is 26.2. The summed E-state index contributed by atoms with van der Waals surface area (Å²) >= 11 is 0. The molecule has 0 bridgehead atoms. The third-order valence-electron chi connectivity index (χ3n) is 6.92. The van der Waals surface area contributed by atoms with Crippen LogP contribution in [0.25, 0.3) is 21.9 Å². The Kier molecular flexibility index (Phi) is 8.01. The van der Waals surface area contributed by atoms with Gasteiger partial charge in [-0.25, -0.2) is 0 Å². The lowest BCUT2D eigenvalue weighted by Gasteiger charge is -2.35. The summed E-state index contributed by atoms with van der Waals surface area (Å²) in [5, 5.41) is 13.1. The minimum atomic E-state index is -0.216. The van der Waals surface area contributed by atoms with Crippen molar-refractivity contribution in [3.8, 4) is 16.9 Å². The van der Waals surface area contributed by atoms with Crippen LogP contribution in [0.4, 0.5) is 5.82 Å². The maximum absolute atomic E-state index is 13.7. The molecule has 39 heavy (non-hydrogen) atoms. The fraction of sp³-hybridized carbons (Fsp3) is 0.290. The van der Waals surface area contributed by atoms with Crippen molar-refractivity contribution in [1.29, 1.82) is 0 Å². The number of anilines is 1. The molecule has 0 unspecified atom stereocenters. The van der Waals surface area contributed by atoms with Gasteiger partial charge >= 0.3 is 0 Å². The Balaban J connectivity index is 1.30. The summed E-state index contributed by atoms with van der Waals surface area (Å²) in [6.07, 6.45) is 0.864. The smallest absolute Gasteiger partial charge is 0.271 e. The number of carbonyl (C=O) groups is 2. The first-order valence-corrected chi connectivity index (χ1v) is 13.5. The lowest BCUT2D eigenvalue weighted by atomic mass is 9.94. The van der Waals surface area contributed by atoms with Gasteiger partial charge in [0.2, 0.25) is 0 Å². The molecule has 2 heterocycles. The molecule has 4 aromatic rings. The summed E-state index contributed by atoms with van der Waals surface area (Å²) in [6, 6.07) is 23.6. The predicted octanol–water partition coefficient (Wildman–Crippen LogP) is 4.80. The van der Waals surface area contributed by atoms with E-state index in [4.69, 9.17) is 4.74 Å². The van der Waals surface area contributed by atoms with Crippen LogP contribution >= 0.6 is 0 Å².